The number of hydrogen-bond acceptors (Lipinski definition) is 3. The molecule has 0 aliphatic heterocycles. The fourth-order valence-corrected chi connectivity index (χ4v) is 2.94. The molecule has 3 rings (SSSR count). The molecule has 26 heavy (non-hydrogen) atoms. The molecule has 1 aromatic heterocycles. The van der Waals surface area contributed by atoms with Gasteiger partial charge in [-0.15, -0.1) is 0 Å². The van der Waals surface area contributed by atoms with Gasteiger partial charge < -0.3 is 0 Å². The lowest BCUT2D eigenvalue weighted by Crippen LogP contribution is -2.21. The molecule has 2 aromatic carbocycles. The molecule has 0 saturated heterocycles. The topological polar surface area (TPSA) is 47.8 Å². The number of aromatic nitrogens is 3. The zero-order valence-corrected chi connectivity index (χ0v) is 14.2. The molecule has 0 spiro atoms. The first-order valence-corrected chi connectivity index (χ1v) is 8.52. The second kappa shape index (κ2) is 8.47. The van der Waals surface area contributed by atoms with E-state index >= 15 is 0 Å². The maximum absolute atomic E-state index is 14.0. The van der Waals surface area contributed by atoms with Gasteiger partial charge in [-0.1, -0.05) is 36.8 Å². The maximum atomic E-state index is 14.0. The number of carbonyl (C=O) groups is 1. The number of unbranched alkanes of at least 4 members (excludes halogenated alkanes) is 1. The Morgan fingerprint density at radius 3 is 2.58 bits per heavy atom. The molecule has 0 bridgehead atoms. The van der Waals surface area contributed by atoms with Crippen LogP contribution < -0.4 is 0 Å². The number of benzene rings is 2. The fraction of sp³-hybridized carbons (Fsp3) is 0.250. The quantitative estimate of drug-likeness (QED) is 0.445. The molecule has 4 nitrogen and oxygen atoms in total. The average Bonchev–Trinajstić information content (AvgIpc) is 3.16. The molecule has 0 amide bonds. The monoisotopic (exact) mass is 355 g/mol. The molecular formula is C20H19F2N3O. The molecule has 0 radical (unpaired) electrons. The molecule has 0 saturated carbocycles. The predicted octanol–water partition coefficient (Wildman–Crippen LogP) is 4.39. The summed E-state index contributed by atoms with van der Waals surface area (Å²) in [6.07, 6.45) is 5.87. The Balaban J connectivity index is 1.68. The standard InChI is InChI=1S/C20H19F2N3O/c21-16-10-11-17(18(22)12-16)20(26)19(25-14-23-13-24-25)9-5-4-8-15-6-2-1-3-7-15/h1-3,6-7,10-14,19H,4-5,8-9H2. The van der Waals surface area contributed by atoms with Crippen LogP contribution in [0.3, 0.4) is 0 Å². The Labute approximate surface area is 150 Å². The number of aryl methyl sites for hydroxylation is 1. The van der Waals surface area contributed by atoms with Gasteiger partial charge in [-0.2, -0.15) is 5.10 Å². The van der Waals surface area contributed by atoms with Crippen LogP contribution in [0.15, 0.2) is 61.2 Å². The van der Waals surface area contributed by atoms with Crippen LogP contribution in [-0.4, -0.2) is 20.5 Å². The van der Waals surface area contributed by atoms with Gasteiger partial charge in [0.2, 0.25) is 0 Å². The largest absolute Gasteiger partial charge is 0.292 e. The summed E-state index contributed by atoms with van der Waals surface area (Å²) in [7, 11) is 0. The van der Waals surface area contributed by atoms with E-state index in [0.717, 1.165) is 31.4 Å². The van der Waals surface area contributed by atoms with Gasteiger partial charge in [-0.3, -0.25) is 4.79 Å². The van der Waals surface area contributed by atoms with Gasteiger partial charge in [0.15, 0.2) is 5.78 Å². The van der Waals surface area contributed by atoms with Gasteiger partial charge in [0.05, 0.1) is 5.56 Å². The van der Waals surface area contributed by atoms with E-state index in [1.54, 1.807) is 0 Å². The fourth-order valence-electron chi connectivity index (χ4n) is 2.94. The predicted molar refractivity (Wildman–Crippen MR) is 93.7 cm³/mol. The van der Waals surface area contributed by atoms with Crippen molar-refractivity contribution < 1.29 is 13.6 Å². The van der Waals surface area contributed by atoms with Crippen molar-refractivity contribution >= 4 is 5.78 Å². The molecule has 1 unspecified atom stereocenters. The lowest BCUT2D eigenvalue weighted by Gasteiger charge is -2.16. The van der Waals surface area contributed by atoms with Crippen LogP contribution in [-0.2, 0) is 6.42 Å². The van der Waals surface area contributed by atoms with E-state index in [1.807, 2.05) is 18.2 Å². The summed E-state index contributed by atoms with van der Waals surface area (Å²) in [4.78, 5) is 16.7. The Kier molecular flexibility index (Phi) is 5.84. The van der Waals surface area contributed by atoms with E-state index in [4.69, 9.17) is 0 Å². The highest BCUT2D eigenvalue weighted by Gasteiger charge is 2.25. The molecular weight excluding hydrogens is 336 g/mol. The van der Waals surface area contributed by atoms with E-state index in [-0.39, 0.29) is 5.56 Å². The Morgan fingerprint density at radius 1 is 1.08 bits per heavy atom. The minimum Gasteiger partial charge on any atom is -0.292 e. The van der Waals surface area contributed by atoms with E-state index in [9.17, 15) is 13.6 Å². The van der Waals surface area contributed by atoms with Crippen LogP contribution >= 0.6 is 0 Å². The molecule has 0 aliphatic carbocycles. The molecule has 0 N–H and O–H groups in total. The van der Waals surface area contributed by atoms with Crippen LogP contribution in [0.5, 0.6) is 0 Å². The minimum atomic E-state index is -0.857. The number of Topliss-reactive ketones (excluding diaryl/α,β-unsaturated/α-hetero) is 1. The van der Waals surface area contributed by atoms with Crippen LogP contribution in [0, 0.1) is 11.6 Å². The molecule has 0 aliphatic rings. The third kappa shape index (κ3) is 4.39. The number of halogens is 2. The third-order valence-electron chi connectivity index (χ3n) is 4.29. The van der Waals surface area contributed by atoms with Crippen LogP contribution in [0.25, 0.3) is 0 Å². The van der Waals surface area contributed by atoms with Crippen molar-refractivity contribution in [2.45, 2.75) is 31.7 Å². The second-order valence-electron chi connectivity index (χ2n) is 6.11. The zero-order chi connectivity index (χ0) is 18.4. The average molecular weight is 355 g/mol. The normalized spacial score (nSPS) is 12.1. The third-order valence-corrected chi connectivity index (χ3v) is 4.29. The first kappa shape index (κ1) is 17.9. The molecule has 3 aromatic rings. The molecule has 0 fully saturated rings. The van der Waals surface area contributed by atoms with Crippen molar-refractivity contribution in [2.75, 3.05) is 0 Å². The highest BCUT2D eigenvalue weighted by atomic mass is 19.1. The van der Waals surface area contributed by atoms with E-state index in [0.29, 0.717) is 6.42 Å². The molecule has 1 heterocycles. The summed E-state index contributed by atoms with van der Waals surface area (Å²) >= 11 is 0. The van der Waals surface area contributed by atoms with Gasteiger partial charge in [0, 0.05) is 6.07 Å². The van der Waals surface area contributed by atoms with Gasteiger partial charge in [0.25, 0.3) is 0 Å². The molecule has 6 heteroatoms. The highest BCUT2D eigenvalue weighted by Crippen LogP contribution is 2.22. The molecule has 134 valence electrons. The second-order valence-corrected chi connectivity index (χ2v) is 6.11. The Morgan fingerprint density at radius 2 is 1.88 bits per heavy atom. The number of nitrogens with zero attached hydrogens (tertiary/aromatic N) is 3. The zero-order valence-electron chi connectivity index (χ0n) is 14.2. The summed E-state index contributed by atoms with van der Waals surface area (Å²) in [6.45, 7) is 0. The Hall–Kier alpha value is -2.89. The van der Waals surface area contributed by atoms with Crippen molar-refractivity contribution in [2.24, 2.45) is 0 Å². The minimum absolute atomic E-state index is 0.130. The van der Waals surface area contributed by atoms with Crippen molar-refractivity contribution in [3.8, 4) is 0 Å². The summed E-state index contributed by atoms with van der Waals surface area (Å²) in [6, 6.07) is 12.4. The SMILES string of the molecule is O=C(c1ccc(F)cc1F)C(CCCCc1ccccc1)n1cncn1. The van der Waals surface area contributed by atoms with Crippen LogP contribution in [0.4, 0.5) is 8.78 Å². The van der Waals surface area contributed by atoms with Crippen molar-refractivity contribution in [3.05, 3.63) is 83.9 Å². The Bertz CT molecular complexity index is 851. The summed E-state index contributed by atoms with van der Waals surface area (Å²) in [5.41, 5.74) is 1.11. The van der Waals surface area contributed by atoms with E-state index < -0.39 is 23.5 Å². The molecule has 1 atom stereocenters. The van der Waals surface area contributed by atoms with E-state index in [1.165, 1.54) is 29.0 Å². The summed E-state index contributed by atoms with van der Waals surface area (Å²) < 4.78 is 28.6. The summed E-state index contributed by atoms with van der Waals surface area (Å²) in [5, 5.41) is 4.04. The van der Waals surface area contributed by atoms with Crippen LogP contribution in [0.2, 0.25) is 0 Å². The van der Waals surface area contributed by atoms with Gasteiger partial charge in [0.1, 0.15) is 30.3 Å². The van der Waals surface area contributed by atoms with Gasteiger partial charge >= 0.3 is 0 Å². The highest BCUT2D eigenvalue weighted by molar-refractivity contribution is 5.99. The van der Waals surface area contributed by atoms with Gasteiger partial charge in [-0.25, -0.2) is 18.4 Å². The smallest absolute Gasteiger partial charge is 0.190 e. The van der Waals surface area contributed by atoms with Gasteiger partial charge in [-0.05, 0) is 37.0 Å². The van der Waals surface area contributed by atoms with Crippen LogP contribution in [0.1, 0.15) is 41.2 Å². The maximum Gasteiger partial charge on any atom is 0.190 e. The number of rotatable bonds is 8. The lowest BCUT2D eigenvalue weighted by atomic mass is 9.97. The first-order valence-electron chi connectivity index (χ1n) is 8.52. The number of ketones is 1. The first-order chi connectivity index (χ1) is 12.6. The lowest BCUT2D eigenvalue weighted by molar-refractivity contribution is 0.0904. The van der Waals surface area contributed by atoms with Crippen molar-refractivity contribution in [3.63, 3.8) is 0 Å². The number of hydrogen-bond donors (Lipinski definition) is 0. The van der Waals surface area contributed by atoms with Crippen molar-refractivity contribution in [1.82, 2.24) is 14.8 Å². The van der Waals surface area contributed by atoms with E-state index in [2.05, 4.69) is 22.2 Å². The number of carbonyl (C=O) groups excluding carboxylic acids is 1. The summed E-state index contributed by atoms with van der Waals surface area (Å²) in [5.74, 6) is -1.99. The van der Waals surface area contributed by atoms with Crippen molar-refractivity contribution in [1.29, 1.82) is 0 Å².